The van der Waals surface area contributed by atoms with Crippen molar-refractivity contribution in [2.75, 3.05) is 0 Å². The average Bonchev–Trinajstić information content (AvgIpc) is 3.11. The van der Waals surface area contributed by atoms with Crippen LogP contribution in [0.4, 0.5) is 0 Å². The molecular formula is C42H38O6S. The van der Waals surface area contributed by atoms with Crippen LogP contribution in [0.1, 0.15) is 37.8 Å². The van der Waals surface area contributed by atoms with Crippen LogP contribution in [0, 0.1) is 0 Å². The van der Waals surface area contributed by atoms with Crippen LogP contribution in [0.3, 0.4) is 0 Å². The Bertz CT molecular complexity index is 1960. The summed E-state index contributed by atoms with van der Waals surface area (Å²) in [7, 11) is -3.74. The second-order valence-electron chi connectivity index (χ2n) is 12.2. The standard InChI is InChI=1S/C42H38O6S/c1-29(27-31-3-11-35(43)12-4-31)33-7-15-37(16-8-33)47-39-19-23-41(24-20-39)49(45,46)42-25-21-40(22-26-42)48-38-17-9-34(10-18-38)30(2)28-32-5-13-36(44)14-6-32/h3-7,9,11-26,43-44H,8,10,27-28H2,1-2H3. The summed E-state index contributed by atoms with van der Waals surface area (Å²) in [5.41, 5.74) is 7.19. The predicted molar refractivity (Wildman–Crippen MR) is 192 cm³/mol. The zero-order valence-corrected chi connectivity index (χ0v) is 28.3. The summed E-state index contributed by atoms with van der Waals surface area (Å²) >= 11 is 0. The lowest BCUT2D eigenvalue weighted by atomic mass is 9.96. The van der Waals surface area contributed by atoms with E-state index in [-0.39, 0.29) is 21.3 Å². The quantitative estimate of drug-likeness (QED) is 0.175. The molecule has 0 saturated carbocycles. The number of benzene rings is 4. The summed E-state index contributed by atoms with van der Waals surface area (Å²) in [6.07, 6.45) is 15.0. The largest absolute Gasteiger partial charge is 0.508 e. The van der Waals surface area contributed by atoms with Crippen molar-refractivity contribution >= 4 is 9.84 Å². The van der Waals surface area contributed by atoms with E-state index < -0.39 is 9.84 Å². The number of aromatic hydroxyl groups is 2. The average molecular weight is 671 g/mol. The van der Waals surface area contributed by atoms with Gasteiger partial charge in [0.2, 0.25) is 9.84 Å². The van der Waals surface area contributed by atoms with Gasteiger partial charge in [0.05, 0.1) is 9.79 Å². The third-order valence-electron chi connectivity index (χ3n) is 8.59. The van der Waals surface area contributed by atoms with Gasteiger partial charge in [0, 0.05) is 0 Å². The molecule has 0 spiro atoms. The SMILES string of the molecule is CC(Cc1ccc(O)cc1)=C1C=CC(Oc2ccc(S(=O)(=O)c3ccc(OC4=CCC(=C(C)Cc5ccc(O)cc5)C=C4)cc3)cc2)=CC1. The van der Waals surface area contributed by atoms with Gasteiger partial charge in [-0.2, -0.15) is 0 Å². The van der Waals surface area contributed by atoms with Crippen LogP contribution in [-0.2, 0) is 22.7 Å². The van der Waals surface area contributed by atoms with Crippen LogP contribution in [-0.4, -0.2) is 18.6 Å². The Morgan fingerprint density at radius 3 is 1.24 bits per heavy atom. The van der Waals surface area contributed by atoms with Gasteiger partial charge in [-0.05, 0) is 159 Å². The highest BCUT2D eigenvalue weighted by Gasteiger charge is 2.18. The first-order chi connectivity index (χ1) is 23.6. The fraction of sp³-hybridized carbons (Fsp3) is 0.143. The van der Waals surface area contributed by atoms with Crippen LogP contribution >= 0.6 is 0 Å². The van der Waals surface area contributed by atoms with Gasteiger partial charge in [-0.15, -0.1) is 0 Å². The van der Waals surface area contributed by atoms with Crippen molar-refractivity contribution in [3.8, 4) is 23.0 Å². The Morgan fingerprint density at radius 1 is 0.551 bits per heavy atom. The maximum absolute atomic E-state index is 13.4. The van der Waals surface area contributed by atoms with E-state index in [1.165, 1.54) is 22.3 Å². The van der Waals surface area contributed by atoms with Gasteiger partial charge in [-0.25, -0.2) is 8.42 Å². The minimum atomic E-state index is -3.74. The third-order valence-corrected chi connectivity index (χ3v) is 10.4. The molecule has 6 rings (SSSR count). The minimum Gasteiger partial charge on any atom is -0.508 e. The van der Waals surface area contributed by atoms with Crippen LogP contribution in [0.2, 0.25) is 0 Å². The lowest BCUT2D eigenvalue weighted by molar-refractivity contribution is 0.440. The topological polar surface area (TPSA) is 93.1 Å². The van der Waals surface area contributed by atoms with Crippen molar-refractivity contribution in [2.24, 2.45) is 0 Å². The lowest BCUT2D eigenvalue weighted by Crippen LogP contribution is -2.03. The molecule has 6 nitrogen and oxygen atoms in total. The van der Waals surface area contributed by atoms with Gasteiger partial charge in [-0.1, -0.05) is 47.6 Å². The number of sulfone groups is 1. The number of rotatable bonds is 10. The Morgan fingerprint density at radius 2 is 0.918 bits per heavy atom. The van der Waals surface area contributed by atoms with Gasteiger partial charge in [0.25, 0.3) is 0 Å². The third kappa shape index (κ3) is 8.50. The molecule has 0 heterocycles. The van der Waals surface area contributed by atoms with Crippen molar-refractivity contribution in [3.63, 3.8) is 0 Å². The van der Waals surface area contributed by atoms with Crippen molar-refractivity contribution in [1.29, 1.82) is 0 Å². The first kappa shape index (κ1) is 33.4. The van der Waals surface area contributed by atoms with Gasteiger partial charge in [0.1, 0.15) is 34.5 Å². The smallest absolute Gasteiger partial charge is 0.206 e. The Balaban J connectivity index is 1.02. The molecule has 248 valence electrons. The molecule has 0 unspecified atom stereocenters. The molecule has 0 atom stereocenters. The molecule has 2 N–H and O–H groups in total. The summed E-state index contributed by atoms with van der Waals surface area (Å²) in [4.78, 5) is 0.355. The summed E-state index contributed by atoms with van der Waals surface area (Å²) < 4.78 is 38.8. The number of hydrogen-bond donors (Lipinski definition) is 2. The molecule has 0 amide bonds. The number of phenolic OH excluding ortho intramolecular Hbond substituents is 2. The van der Waals surface area contributed by atoms with Crippen LogP contribution < -0.4 is 9.47 Å². The first-order valence-electron chi connectivity index (χ1n) is 16.1. The Hall–Kier alpha value is -5.53. The maximum atomic E-state index is 13.4. The summed E-state index contributed by atoms with van der Waals surface area (Å²) in [6, 6.07) is 27.4. The van der Waals surface area contributed by atoms with Crippen LogP contribution in [0.25, 0.3) is 0 Å². The zero-order valence-electron chi connectivity index (χ0n) is 27.5. The molecule has 0 radical (unpaired) electrons. The van der Waals surface area contributed by atoms with Crippen molar-refractivity contribution in [3.05, 3.63) is 178 Å². The molecule has 0 saturated heterocycles. The molecular weight excluding hydrogens is 633 g/mol. The van der Waals surface area contributed by atoms with Gasteiger partial charge >= 0.3 is 0 Å². The lowest BCUT2D eigenvalue weighted by Gasteiger charge is -2.15. The normalized spacial score (nSPS) is 16.4. The van der Waals surface area contributed by atoms with E-state index in [1.807, 2.05) is 48.6 Å². The van der Waals surface area contributed by atoms with Gasteiger partial charge in [-0.3, -0.25) is 0 Å². The fourth-order valence-corrected chi connectivity index (χ4v) is 6.95. The van der Waals surface area contributed by atoms with E-state index in [9.17, 15) is 18.6 Å². The van der Waals surface area contributed by atoms with E-state index in [4.69, 9.17) is 9.47 Å². The summed E-state index contributed by atoms with van der Waals surface area (Å²) in [5.74, 6) is 3.02. The minimum absolute atomic E-state index is 0.177. The maximum Gasteiger partial charge on any atom is 0.206 e. The molecule has 4 aromatic carbocycles. The predicted octanol–water partition coefficient (Wildman–Crippen LogP) is 9.49. The second-order valence-corrected chi connectivity index (χ2v) is 14.2. The molecule has 2 aliphatic rings. The van der Waals surface area contributed by atoms with Gasteiger partial charge in [0.15, 0.2) is 0 Å². The number of hydrogen-bond acceptors (Lipinski definition) is 6. The highest BCUT2D eigenvalue weighted by atomic mass is 32.2. The van der Waals surface area contributed by atoms with Crippen molar-refractivity contribution in [1.82, 2.24) is 0 Å². The molecule has 49 heavy (non-hydrogen) atoms. The number of allylic oxidation sites excluding steroid dienone is 10. The van der Waals surface area contributed by atoms with Crippen molar-refractivity contribution in [2.45, 2.75) is 49.3 Å². The summed E-state index contributed by atoms with van der Waals surface area (Å²) in [6.45, 7) is 4.21. The molecule has 4 aromatic rings. The molecule has 2 aliphatic carbocycles. The van der Waals surface area contributed by atoms with Crippen LogP contribution in [0.5, 0.6) is 23.0 Å². The molecule has 0 aromatic heterocycles. The first-order valence-corrected chi connectivity index (χ1v) is 17.6. The van der Waals surface area contributed by atoms with E-state index in [2.05, 4.69) is 26.0 Å². The Kier molecular flexibility index (Phi) is 10.0. The Labute approximate surface area is 287 Å². The monoisotopic (exact) mass is 670 g/mol. The van der Waals surface area contributed by atoms with E-state index in [1.54, 1.807) is 72.8 Å². The number of ether oxygens (including phenoxy) is 2. The molecule has 0 bridgehead atoms. The van der Waals surface area contributed by atoms with E-state index in [0.717, 1.165) is 36.8 Å². The molecule has 7 heteroatoms. The molecule has 0 aliphatic heterocycles. The van der Waals surface area contributed by atoms with Crippen LogP contribution in [0.15, 0.2) is 177 Å². The summed E-state index contributed by atoms with van der Waals surface area (Å²) in [5, 5.41) is 19.0. The highest BCUT2D eigenvalue weighted by Crippen LogP contribution is 2.29. The fourth-order valence-electron chi connectivity index (χ4n) is 5.69. The van der Waals surface area contributed by atoms with Gasteiger partial charge < -0.3 is 19.7 Å². The zero-order chi connectivity index (χ0) is 34.4. The van der Waals surface area contributed by atoms with E-state index >= 15 is 0 Å². The van der Waals surface area contributed by atoms with E-state index in [0.29, 0.717) is 23.0 Å². The molecule has 0 fully saturated rings. The van der Waals surface area contributed by atoms with Crippen molar-refractivity contribution < 1.29 is 28.1 Å². The highest BCUT2D eigenvalue weighted by molar-refractivity contribution is 7.91. The number of phenols is 2. The second kappa shape index (κ2) is 14.7.